The molecule has 4 heteroatoms. The Morgan fingerprint density at radius 1 is 1.10 bits per heavy atom. The van der Waals surface area contributed by atoms with Crippen molar-refractivity contribution in [1.29, 1.82) is 0 Å². The summed E-state index contributed by atoms with van der Waals surface area (Å²) in [7, 11) is 2.11. The van der Waals surface area contributed by atoms with E-state index in [-0.39, 0.29) is 0 Å². The topological polar surface area (TPSA) is 20.5 Å². The third-order valence-electron chi connectivity index (χ3n) is 3.44. The number of aromatic nitrogens is 2. The Balaban J connectivity index is 1.77. The fourth-order valence-corrected chi connectivity index (χ4v) is 2.84. The van der Waals surface area contributed by atoms with E-state index in [4.69, 9.17) is 0 Å². The van der Waals surface area contributed by atoms with Gasteiger partial charge in [-0.2, -0.15) is 0 Å². The Hall–Kier alpha value is -1.81. The molecule has 2 heterocycles. The highest BCUT2D eigenvalue weighted by molar-refractivity contribution is 9.10. The number of para-hydroxylation sites is 1. The van der Waals surface area contributed by atoms with Crippen molar-refractivity contribution in [1.82, 2.24) is 9.38 Å². The lowest BCUT2D eigenvalue weighted by Gasteiger charge is -2.18. The van der Waals surface area contributed by atoms with Crippen molar-refractivity contribution in [3.05, 3.63) is 65.2 Å². The van der Waals surface area contributed by atoms with Gasteiger partial charge in [-0.25, -0.2) is 4.98 Å². The zero-order valence-electron chi connectivity index (χ0n) is 11.3. The highest BCUT2D eigenvalue weighted by Crippen LogP contribution is 2.19. The van der Waals surface area contributed by atoms with Gasteiger partial charge >= 0.3 is 0 Å². The molecular weight excluding hydrogens is 314 g/mol. The molecule has 0 spiro atoms. The summed E-state index contributed by atoms with van der Waals surface area (Å²) in [5.74, 6) is 1.08. The van der Waals surface area contributed by atoms with Crippen LogP contribution in [0.3, 0.4) is 0 Å². The molecule has 0 radical (unpaired) electrons. The molecule has 1 aromatic carbocycles. The average molecular weight is 330 g/mol. The van der Waals surface area contributed by atoms with Crippen LogP contribution in [-0.4, -0.2) is 23.0 Å². The molecular formula is C16H16BrN3. The number of hydrogen-bond donors (Lipinski definition) is 0. The first kappa shape index (κ1) is 13.2. The van der Waals surface area contributed by atoms with Crippen molar-refractivity contribution < 1.29 is 0 Å². The van der Waals surface area contributed by atoms with Crippen molar-refractivity contribution in [2.45, 2.75) is 6.42 Å². The lowest BCUT2D eigenvalue weighted by atomic mass is 10.3. The fraction of sp³-hybridized carbons (Fsp3) is 0.188. The van der Waals surface area contributed by atoms with E-state index in [2.05, 4.69) is 73.8 Å². The van der Waals surface area contributed by atoms with E-state index >= 15 is 0 Å². The molecule has 3 rings (SSSR count). The predicted molar refractivity (Wildman–Crippen MR) is 86.3 cm³/mol. The summed E-state index contributed by atoms with van der Waals surface area (Å²) in [5.41, 5.74) is 2.34. The van der Waals surface area contributed by atoms with E-state index in [9.17, 15) is 0 Å². The van der Waals surface area contributed by atoms with Crippen LogP contribution in [0.15, 0.2) is 59.3 Å². The maximum Gasteiger partial charge on any atom is 0.132 e. The summed E-state index contributed by atoms with van der Waals surface area (Å²) < 4.78 is 3.05. The summed E-state index contributed by atoms with van der Waals surface area (Å²) in [6, 6.07) is 16.5. The number of halogens is 1. The maximum atomic E-state index is 4.61. The minimum absolute atomic E-state index is 0.905. The number of pyridine rings is 1. The molecule has 3 aromatic rings. The molecule has 0 aliphatic heterocycles. The van der Waals surface area contributed by atoms with Crippen LogP contribution in [0.4, 0.5) is 5.69 Å². The number of benzene rings is 1. The number of nitrogens with zero attached hydrogens (tertiary/aromatic N) is 3. The highest BCUT2D eigenvalue weighted by atomic mass is 79.9. The van der Waals surface area contributed by atoms with Crippen molar-refractivity contribution in [2.75, 3.05) is 18.5 Å². The standard InChI is InChI=1S/C16H16BrN3/c1-19(13-7-3-2-4-8-13)12-10-15-18-16(17)14-9-5-6-11-20(14)15/h2-9,11H,10,12H2,1H3. The predicted octanol–water partition coefficient (Wildman–Crippen LogP) is 3.78. The van der Waals surface area contributed by atoms with Crippen LogP contribution in [0.2, 0.25) is 0 Å². The van der Waals surface area contributed by atoms with Gasteiger partial charge in [-0.05, 0) is 40.2 Å². The third kappa shape index (κ3) is 2.56. The SMILES string of the molecule is CN(CCc1nc(Br)c2ccccn12)c1ccccc1. The second-order valence-electron chi connectivity index (χ2n) is 4.78. The maximum absolute atomic E-state index is 4.61. The van der Waals surface area contributed by atoms with E-state index in [1.165, 1.54) is 5.69 Å². The molecule has 0 saturated heterocycles. The van der Waals surface area contributed by atoms with E-state index in [1.54, 1.807) is 0 Å². The first-order valence-electron chi connectivity index (χ1n) is 6.63. The van der Waals surface area contributed by atoms with E-state index < -0.39 is 0 Å². The minimum atomic E-state index is 0.905. The quantitative estimate of drug-likeness (QED) is 0.726. The fourth-order valence-electron chi connectivity index (χ4n) is 2.32. The van der Waals surface area contributed by atoms with Gasteiger partial charge in [0.2, 0.25) is 0 Å². The lowest BCUT2D eigenvalue weighted by molar-refractivity contribution is 0.815. The van der Waals surface area contributed by atoms with Crippen molar-refractivity contribution >= 4 is 27.1 Å². The van der Waals surface area contributed by atoms with Gasteiger partial charge in [0.15, 0.2) is 0 Å². The number of fused-ring (bicyclic) bond motifs is 1. The first-order valence-corrected chi connectivity index (χ1v) is 7.42. The summed E-state index contributed by atoms with van der Waals surface area (Å²) in [4.78, 5) is 6.86. The second-order valence-corrected chi connectivity index (χ2v) is 5.53. The number of likely N-dealkylation sites (N-methyl/N-ethyl adjacent to an activating group) is 1. The Morgan fingerprint density at radius 2 is 1.85 bits per heavy atom. The summed E-state index contributed by atoms with van der Waals surface area (Å²) in [5, 5.41) is 0. The molecule has 2 aromatic heterocycles. The normalized spacial score (nSPS) is 10.9. The molecule has 0 amide bonds. The molecule has 102 valence electrons. The van der Waals surface area contributed by atoms with Crippen LogP contribution in [0.5, 0.6) is 0 Å². The van der Waals surface area contributed by atoms with E-state index in [1.807, 2.05) is 18.2 Å². The number of hydrogen-bond acceptors (Lipinski definition) is 2. The van der Waals surface area contributed by atoms with Gasteiger partial charge in [0.05, 0.1) is 5.52 Å². The Labute approximate surface area is 127 Å². The van der Waals surface area contributed by atoms with E-state index in [0.717, 1.165) is 28.9 Å². The van der Waals surface area contributed by atoms with Gasteiger partial charge < -0.3 is 9.30 Å². The lowest BCUT2D eigenvalue weighted by Crippen LogP contribution is -2.20. The van der Waals surface area contributed by atoms with Crippen molar-refractivity contribution in [3.63, 3.8) is 0 Å². The Bertz CT molecular complexity index is 706. The third-order valence-corrected chi connectivity index (χ3v) is 4.03. The zero-order valence-corrected chi connectivity index (χ0v) is 12.9. The second kappa shape index (κ2) is 5.67. The monoisotopic (exact) mass is 329 g/mol. The van der Waals surface area contributed by atoms with E-state index in [0.29, 0.717) is 0 Å². The largest absolute Gasteiger partial charge is 0.374 e. The summed E-state index contributed by atoms with van der Waals surface area (Å²) in [6.45, 7) is 0.935. The van der Waals surface area contributed by atoms with Gasteiger partial charge in [0, 0.05) is 31.9 Å². The molecule has 0 bridgehead atoms. The molecule has 0 atom stereocenters. The molecule has 0 N–H and O–H groups in total. The molecule has 0 aliphatic carbocycles. The molecule has 0 aliphatic rings. The van der Waals surface area contributed by atoms with Crippen LogP contribution in [0, 0.1) is 0 Å². The zero-order chi connectivity index (χ0) is 13.9. The highest BCUT2D eigenvalue weighted by Gasteiger charge is 2.09. The van der Waals surface area contributed by atoms with Gasteiger partial charge in [-0.15, -0.1) is 0 Å². The molecule has 0 saturated carbocycles. The molecule has 0 fully saturated rings. The van der Waals surface area contributed by atoms with Gasteiger partial charge in [0.1, 0.15) is 10.4 Å². The van der Waals surface area contributed by atoms with Gasteiger partial charge in [0.25, 0.3) is 0 Å². The van der Waals surface area contributed by atoms with Crippen molar-refractivity contribution in [3.8, 4) is 0 Å². The number of rotatable bonds is 4. The van der Waals surface area contributed by atoms with Crippen LogP contribution in [-0.2, 0) is 6.42 Å². The molecule has 20 heavy (non-hydrogen) atoms. The number of anilines is 1. The van der Waals surface area contributed by atoms with Gasteiger partial charge in [-0.1, -0.05) is 24.3 Å². The number of imidazole rings is 1. The molecule has 3 nitrogen and oxygen atoms in total. The van der Waals surface area contributed by atoms with Crippen LogP contribution >= 0.6 is 15.9 Å². The summed E-state index contributed by atoms with van der Waals surface area (Å²) >= 11 is 3.52. The first-order chi connectivity index (χ1) is 9.75. The van der Waals surface area contributed by atoms with Gasteiger partial charge in [-0.3, -0.25) is 0 Å². The Kier molecular flexibility index (Phi) is 3.74. The smallest absolute Gasteiger partial charge is 0.132 e. The average Bonchev–Trinajstić information content (AvgIpc) is 2.83. The Morgan fingerprint density at radius 3 is 2.65 bits per heavy atom. The minimum Gasteiger partial charge on any atom is -0.374 e. The van der Waals surface area contributed by atoms with Crippen LogP contribution in [0.1, 0.15) is 5.82 Å². The van der Waals surface area contributed by atoms with Crippen LogP contribution < -0.4 is 4.90 Å². The van der Waals surface area contributed by atoms with Crippen LogP contribution in [0.25, 0.3) is 5.52 Å². The van der Waals surface area contributed by atoms with Crippen molar-refractivity contribution in [2.24, 2.45) is 0 Å². The summed E-state index contributed by atoms with van der Waals surface area (Å²) in [6.07, 6.45) is 2.97. The molecule has 0 unspecified atom stereocenters.